The van der Waals surface area contributed by atoms with Crippen molar-refractivity contribution in [3.63, 3.8) is 0 Å². The number of nitrogens with zero attached hydrogens (tertiary/aromatic N) is 2. The van der Waals surface area contributed by atoms with Crippen LogP contribution in [0.25, 0.3) is 0 Å². The summed E-state index contributed by atoms with van der Waals surface area (Å²) in [6.45, 7) is 2.78. The van der Waals surface area contributed by atoms with E-state index < -0.39 is 0 Å². The third kappa shape index (κ3) is 4.04. The zero-order valence-electron chi connectivity index (χ0n) is 11.4. The maximum absolute atomic E-state index is 12.1. The van der Waals surface area contributed by atoms with Crippen molar-refractivity contribution in [1.29, 1.82) is 0 Å². The Balaban J connectivity index is 1.76. The van der Waals surface area contributed by atoms with Gasteiger partial charge >= 0.3 is 0 Å². The van der Waals surface area contributed by atoms with Gasteiger partial charge in [-0.25, -0.2) is 0 Å². The first-order valence-electron chi connectivity index (χ1n) is 6.67. The fourth-order valence-corrected chi connectivity index (χ4v) is 2.19. The van der Waals surface area contributed by atoms with E-state index in [1.54, 1.807) is 13.3 Å². The maximum atomic E-state index is 12.1. The van der Waals surface area contributed by atoms with Gasteiger partial charge in [-0.2, -0.15) is 5.10 Å². The Morgan fingerprint density at radius 3 is 3.26 bits per heavy atom. The van der Waals surface area contributed by atoms with Crippen molar-refractivity contribution < 1.29 is 14.3 Å². The molecule has 19 heavy (non-hydrogen) atoms. The van der Waals surface area contributed by atoms with Crippen LogP contribution in [0.4, 0.5) is 0 Å². The molecule has 0 atom stereocenters. The Morgan fingerprint density at radius 2 is 2.42 bits per heavy atom. The van der Waals surface area contributed by atoms with Gasteiger partial charge in [0.15, 0.2) is 0 Å². The number of rotatable bonds is 6. The SMILES string of the molecule is COCCCOCC(=O)N1CCCc2[nH]ncc2C1. The minimum Gasteiger partial charge on any atom is -0.385 e. The second-order valence-corrected chi connectivity index (χ2v) is 4.69. The number of carbonyl (C=O) groups is 1. The van der Waals surface area contributed by atoms with E-state index in [0.717, 1.165) is 37.1 Å². The first kappa shape index (κ1) is 14.0. The molecule has 1 amide bonds. The fraction of sp³-hybridized carbons (Fsp3) is 0.692. The second kappa shape index (κ2) is 7.25. The number of hydrogen-bond acceptors (Lipinski definition) is 4. The Labute approximate surface area is 113 Å². The number of ether oxygens (including phenoxy) is 2. The molecule has 106 valence electrons. The lowest BCUT2D eigenvalue weighted by Crippen LogP contribution is -2.33. The van der Waals surface area contributed by atoms with E-state index in [1.807, 2.05) is 4.90 Å². The van der Waals surface area contributed by atoms with E-state index in [1.165, 1.54) is 0 Å². The van der Waals surface area contributed by atoms with Gasteiger partial charge in [0.25, 0.3) is 0 Å². The molecule has 1 aliphatic rings. The third-order valence-corrected chi connectivity index (χ3v) is 3.24. The van der Waals surface area contributed by atoms with Crippen molar-refractivity contribution in [3.8, 4) is 0 Å². The van der Waals surface area contributed by atoms with E-state index in [2.05, 4.69) is 10.2 Å². The quantitative estimate of drug-likeness (QED) is 0.772. The van der Waals surface area contributed by atoms with Crippen molar-refractivity contribution in [3.05, 3.63) is 17.5 Å². The fourth-order valence-electron chi connectivity index (χ4n) is 2.19. The topological polar surface area (TPSA) is 67.5 Å². The monoisotopic (exact) mass is 267 g/mol. The Kier molecular flexibility index (Phi) is 5.35. The van der Waals surface area contributed by atoms with Gasteiger partial charge in [0.05, 0.1) is 6.20 Å². The summed E-state index contributed by atoms with van der Waals surface area (Å²) in [5.74, 6) is 0.0477. The summed E-state index contributed by atoms with van der Waals surface area (Å²) < 4.78 is 10.3. The predicted octanol–water partition coefficient (Wildman–Crippen LogP) is 0.738. The van der Waals surface area contributed by atoms with Crippen LogP contribution >= 0.6 is 0 Å². The summed E-state index contributed by atoms with van der Waals surface area (Å²) in [6.07, 6.45) is 4.54. The standard InChI is InChI=1S/C13H21N3O3/c1-18-6-3-7-19-10-13(17)16-5-2-4-12-11(9-16)8-14-15-12/h8H,2-7,9-10H2,1H3,(H,14,15). The van der Waals surface area contributed by atoms with Crippen LogP contribution in [0.3, 0.4) is 0 Å². The second-order valence-electron chi connectivity index (χ2n) is 4.69. The molecule has 0 bridgehead atoms. The average Bonchev–Trinajstić information content (AvgIpc) is 2.75. The summed E-state index contributed by atoms with van der Waals surface area (Å²) in [5, 5.41) is 7.02. The van der Waals surface area contributed by atoms with Gasteiger partial charge in [-0.3, -0.25) is 9.89 Å². The zero-order chi connectivity index (χ0) is 13.5. The van der Waals surface area contributed by atoms with Crippen molar-refractivity contribution in [2.45, 2.75) is 25.8 Å². The number of fused-ring (bicyclic) bond motifs is 1. The smallest absolute Gasteiger partial charge is 0.248 e. The molecule has 0 fully saturated rings. The molecule has 0 saturated heterocycles. The molecule has 0 aliphatic carbocycles. The first-order valence-corrected chi connectivity index (χ1v) is 6.67. The molecule has 0 spiro atoms. The number of amides is 1. The number of aromatic nitrogens is 2. The molecular weight excluding hydrogens is 246 g/mol. The van der Waals surface area contributed by atoms with Crippen LogP contribution in [-0.2, 0) is 27.2 Å². The zero-order valence-corrected chi connectivity index (χ0v) is 11.4. The summed E-state index contributed by atoms with van der Waals surface area (Å²) in [4.78, 5) is 13.9. The molecular formula is C13H21N3O3. The molecule has 6 heteroatoms. The van der Waals surface area contributed by atoms with E-state index in [-0.39, 0.29) is 12.5 Å². The van der Waals surface area contributed by atoms with Crippen LogP contribution in [0.2, 0.25) is 0 Å². The number of nitrogens with one attached hydrogen (secondary N) is 1. The molecule has 1 aromatic rings. The highest BCUT2D eigenvalue weighted by atomic mass is 16.5. The molecule has 1 aromatic heterocycles. The molecule has 1 N–H and O–H groups in total. The summed E-state index contributed by atoms with van der Waals surface area (Å²) in [6, 6.07) is 0. The number of hydrogen-bond donors (Lipinski definition) is 1. The van der Waals surface area contributed by atoms with Crippen molar-refractivity contribution in [1.82, 2.24) is 15.1 Å². The number of aromatic amines is 1. The summed E-state index contributed by atoms with van der Waals surface area (Å²) in [7, 11) is 1.66. The number of methoxy groups -OCH3 is 1. The molecule has 0 aromatic carbocycles. The van der Waals surface area contributed by atoms with Gasteiger partial charge in [0.1, 0.15) is 6.61 Å². The summed E-state index contributed by atoms with van der Waals surface area (Å²) >= 11 is 0. The van der Waals surface area contributed by atoms with Gasteiger partial charge in [0, 0.05) is 44.7 Å². The maximum Gasteiger partial charge on any atom is 0.248 e. The van der Waals surface area contributed by atoms with Gasteiger partial charge < -0.3 is 14.4 Å². The van der Waals surface area contributed by atoms with Crippen LogP contribution in [0.15, 0.2) is 6.20 Å². The highest BCUT2D eigenvalue weighted by Gasteiger charge is 2.19. The van der Waals surface area contributed by atoms with Gasteiger partial charge in [-0.05, 0) is 19.3 Å². The molecule has 1 aliphatic heterocycles. The Hall–Kier alpha value is -1.40. The summed E-state index contributed by atoms with van der Waals surface area (Å²) in [5.41, 5.74) is 2.27. The number of aryl methyl sites for hydroxylation is 1. The van der Waals surface area contributed by atoms with Crippen molar-refractivity contribution >= 4 is 5.91 Å². The lowest BCUT2D eigenvalue weighted by Gasteiger charge is -2.20. The minimum atomic E-state index is 0.0477. The van der Waals surface area contributed by atoms with Crippen LogP contribution in [0.5, 0.6) is 0 Å². The molecule has 0 radical (unpaired) electrons. The number of H-pyrrole nitrogens is 1. The van der Waals surface area contributed by atoms with Gasteiger partial charge in [-0.15, -0.1) is 0 Å². The first-order chi connectivity index (χ1) is 9.31. The van der Waals surface area contributed by atoms with E-state index >= 15 is 0 Å². The average molecular weight is 267 g/mol. The van der Waals surface area contributed by atoms with Crippen LogP contribution in [-0.4, -0.2) is 54.5 Å². The van der Waals surface area contributed by atoms with Crippen LogP contribution in [0, 0.1) is 0 Å². The largest absolute Gasteiger partial charge is 0.385 e. The van der Waals surface area contributed by atoms with E-state index in [0.29, 0.717) is 19.8 Å². The van der Waals surface area contributed by atoms with Crippen molar-refractivity contribution in [2.75, 3.05) is 33.5 Å². The van der Waals surface area contributed by atoms with E-state index in [4.69, 9.17) is 9.47 Å². The van der Waals surface area contributed by atoms with Crippen molar-refractivity contribution in [2.24, 2.45) is 0 Å². The predicted molar refractivity (Wildman–Crippen MR) is 69.6 cm³/mol. The highest BCUT2D eigenvalue weighted by molar-refractivity contribution is 5.77. The third-order valence-electron chi connectivity index (χ3n) is 3.24. The highest BCUT2D eigenvalue weighted by Crippen LogP contribution is 2.16. The van der Waals surface area contributed by atoms with E-state index in [9.17, 15) is 4.79 Å². The van der Waals surface area contributed by atoms with Gasteiger partial charge in [-0.1, -0.05) is 0 Å². The lowest BCUT2D eigenvalue weighted by atomic mass is 10.2. The molecule has 2 heterocycles. The molecule has 0 saturated carbocycles. The van der Waals surface area contributed by atoms with Crippen LogP contribution < -0.4 is 0 Å². The number of carbonyl (C=O) groups excluding carboxylic acids is 1. The Morgan fingerprint density at radius 1 is 1.53 bits per heavy atom. The molecule has 0 unspecified atom stereocenters. The van der Waals surface area contributed by atoms with Gasteiger partial charge in [0.2, 0.25) is 5.91 Å². The minimum absolute atomic E-state index is 0.0477. The normalized spacial score (nSPS) is 15.1. The Bertz CT molecular complexity index is 406. The molecule has 2 rings (SSSR count). The lowest BCUT2D eigenvalue weighted by molar-refractivity contribution is -0.136. The molecule has 6 nitrogen and oxygen atoms in total. The van der Waals surface area contributed by atoms with Crippen LogP contribution in [0.1, 0.15) is 24.1 Å².